The van der Waals surface area contributed by atoms with Gasteiger partial charge >= 0.3 is 12.1 Å². The standard InChI is InChI=1S/C18H24FN3O6/c1-11(23)27-16-10-21(17(24)28-18(2,3)4)8-7-13(16)20-14-9-12(19)5-6-15(14)22(25)26/h5-6,9,13,16,20H,7-8,10H2,1-4H3. The molecule has 1 fully saturated rings. The first-order valence-corrected chi connectivity index (χ1v) is 8.82. The summed E-state index contributed by atoms with van der Waals surface area (Å²) in [4.78, 5) is 35.8. The third kappa shape index (κ3) is 5.80. The van der Waals surface area contributed by atoms with E-state index in [4.69, 9.17) is 9.47 Å². The average molecular weight is 397 g/mol. The zero-order valence-corrected chi connectivity index (χ0v) is 16.2. The van der Waals surface area contributed by atoms with Crippen molar-refractivity contribution in [2.45, 2.75) is 51.9 Å². The van der Waals surface area contributed by atoms with Gasteiger partial charge in [0, 0.05) is 25.6 Å². The number of amides is 1. The Labute approximate surface area is 161 Å². The molecule has 2 rings (SSSR count). The smallest absolute Gasteiger partial charge is 0.410 e. The number of benzene rings is 1. The van der Waals surface area contributed by atoms with E-state index in [2.05, 4.69) is 5.32 Å². The first-order chi connectivity index (χ1) is 13.0. The molecule has 1 N–H and O–H groups in total. The average Bonchev–Trinajstić information content (AvgIpc) is 2.54. The van der Waals surface area contributed by atoms with Crippen LogP contribution in [0.25, 0.3) is 0 Å². The number of nitrogens with one attached hydrogen (secondary N) is 1. The molecule has 0 radical (unpaired) electrons. The number of nitro groups is 1. The maximum Gasteiger partial charge on any atom is 0.410 e. The SMILES string of the molecule is CC(=O)OC1CN(C(=O)OC(C)(C)C)CCC1Nc1cc(F)ccc1[N+](=O)[O-]. The number of hydrogen-bond acceptors (Lipinski definition) is 7. The van der Waals surface area contributed by atoms with Gasteiger partial charge in [-0.05, 0) is 33.3 Å². The van der Waals surface area contributed by atoms with Crippen LogP contribution >= 0.6 is 0 Å². The van der Waals surface area contributed by atoms with Gasteiger partial charge in [0.05, 0.1) is 17.5 Å². The molecule has 154 valence electrons. The summed E-state index contributed by atoms with van der Waals surface area (Å²) in [6.07, 6.45) is -0.994. The van der Waals surface area contributed by atoms with Crippen molar-refractivity contribution in [3.8, 4) is 0 Å². The van der Waals surface area contributed by atoms with Crippen LogP contribution in [0, 0.1) is 15.9 Å². The molecule has 9 nitrogen and oxygen atoms in total. The number of hydrogen-bond donors (Lipinski definition) is 1. The fraction of sp³-hybridized carbons (Fsp3) is 0.556. The summed E-state index contributed by atoms with van der Waals surface area (Å²) in [5.41, 5.74) is -0.985. The number of nitro benzene ring substituents is 1. The molecule has 0 aromatic heterocycles. The second-order valence-electron chi connectivity index (χ2n) is 7.53. The Morgan fingerprint density at radius 3 is 2.61 bits per heavy atom. The quantitative estimate of drug-likeness (QED) is 0.472. The fourth-order valence-electron chi connectivity index (χ4n) is 2.89. The Morgan fingerprint density at radius 2 is 2.04 bits per heavy atom. The van der Waals surface area contributed by atoms with Crippen LogP contribution in [0.4, 0.5) is 20.6 Å². The maximum atomic E-state index is 13.6. The van der Waals surface area contributed by atoms with Crippen molar-refractivity contribution in [3.05, 3.63) is 34.1 Å². The van der Waals surface area contributed by atoms with Gasteiger partial charge in [-0.25, -0.2) is 9.18 Å². The van der Waals surface area contributed by atoms with Gasteiger partial charge < -0.3 is 19.7 Å². The minimum Gasteiger partial charge on any atom is -0.458 e. The summed E-state index contributed by atoms with van der Waals surface area (Å²) >= 11 is 0. The summed E-state index contributed by atoms with van der Waals surface area (Å²) in [6.45, 7) is 6.79. The van der Waals surface area contributed by atoms with Gasteiger partial charge in [0.2, 0.25) is 0 Å². The van der Waals surface area contributed by atoms with E-state index >= 15 is 0 Å². The number of rotatable bonds is 4. The van der Waals surface area contributed by atoms with Crippen molar-refractivity contribution in [1.82, 2.24) is 4.90 Å². The van der Waals surface area contributed by atoms with E-state index in [9.17, 15) is 24.1 Å². The van der Waals surface area contributed by atoms with Crippen molar-refractivity contribution in [3.63, 3.8) is 0 Å². The molecule has 1 amide bonds. The molecular weight excluding hydrogens is 373 g/mol. The molecule has 1 saturated heterocycles. The number of piperidine rings is 1. The van der Waals surface area contributed by atoms with Crippen LogP contribution in [-0.4, -0.2) is 52.7 Å². The Kier molecular flexibility index (Phi) is 6.42. The van der Waals surface area contributed by atoms with E-state index in [0.29, 0.717) is 6.42 Å². The number of carbonyl (C=O) groups is 2. The Balaban J connectivity index is 2.19. The number of carbonyl (C=O) groups excluding carboxylic acids is 2. The molecule has 0 saturated carbocycles. The van der Waals surface area contributed by atoms with E-state index in [1.54, 1.807) is 20.8 Å². The molecule has 10 heteroatoms. The molecule has 0 aliphatic carbocycles. The largest absolute Gasteiger partial charge is 0.458 e. The molecule has 0 spiro atoms. The van der Waals surface area contributed by atoms with Gasteiger partial charge in [0.1, 0.15) is 23.2 Å². The number of esters is 1. The van der Waals surface area contributed by atoms with Crippen molar-refractivity contribution in [1.29, 1.82) is 0 Å². The van der Waals surface area contributed by atoms with Gasteiger partial charge in [0.25, 0.3) is 5.69 Å². The second-order valence-corrected chi connectivity index (χ2v) is 7.53. The summed E-state index contributed by atoms with van der Waals surface area (Å²) in [5.74, 6) is -1.19. The summed E-state index contributed by atoms with van der Waals surface area (Å²) in [6, 6.07) is 2.54. The summed E-state index contributed by atoms with van der Waals surface area (Å²) < 4.78 is 24.2. The number of halogens is 1. The van der Waals surface area contributed by atoms with Crippen molar-refractivity contribution < 1.29 is 28.4 Å². The van der Waals surface area contributed by atoms with Crippen LogP contribution in [0.2, 0.25) is 0 Å². The lowest BCUT2D eigenvalue weighted by Gasteiger charge is -2.38. The highest BCUT2D eigenvalue weighted by atomic mass is 19.1. The normalized spacial score (nSPS) is 19.7. The Bertz CT molecular complexity index is 764. The highest BCUT2D eigenvalue weighted by Crippen LogP contribution is 2.28. The topological polar surface area (TPSA) is 111 Å². The van der Waals surface area contributed by atoms with Crippen LogP contribution in [0.1, 0.15) is 34.1 Å². The van der Waals surface area contributed by atoms with Crippen LogP contribution in [-0.2, 0) is 14.3 Å². The highest BCUT2D eigenvalue weighted by Gasteiger charge is 2.36. The first-order valence-electron chi connectivity index (χ1n) is 8.82. The number of nitrogens with zero attached hydrogens (tertiary/aromatic N) is 2. The minimum absolute atomic E-state index is 0.0159. The lowest BCUT2D eigenvalue weighted by molar-refractivity contribution is -0.384. The second kappa shape index (κ2) is 8.41. The third-order valence-electron chi connectivity index (χ3n) is 4.02. The lowest BCUT2D eigenvalue weighted by Crippen LogP contribution is -2.54. The number of likely N-dealkylation sites (tertiary alicyclic amines) is 1. The van der Waals surface area contributed by atoms with Crippen LogP contribution in [0.3, 0.4) is 0 Å². The molecule has 0 bridgehead atoms. The van der Waals surface area contributed by atoms with Crippen molar-refractivity contribution in [2.24, 2.45) is 0 Å². The van der Waals surface area contributed by atoms with E-state index in [0.717, 1.165) is 18.2 Å². The Hall–Kier alpha value is -2.91. The zero-order chi connectivity index (χ0) is 21.1. The van der Waals surface area contributed by atoms with Crippen LogP contribution in [0.5, 0.6) is 0 Å². The predicted octanol–water partition coefficient (Wildman–Crippen LogP) is 3.09. The molecule has 1 aromatic carbocycles. The lowest BCUT2D eigenvalue weighted by atomic mass is 10.0. The van der Waals surface area contributed by atoms with Crippen molar-refractivity contribution >= 4 is 23.4 Å². The van der Waals surface area contributed by atoms with Crippen LogP contribution < -0.4 is 5.32 Å². The van der Waals surface area contributed by atoms with Gasteiger partial charge in [-0.2, -0.15) is 0 Å². The predicted molar refractivity (Wildman–Crippen MR) is 98.4 cm³/mol. The molecule has 2 atom stereocenters. The third-order valence-corrected chi connectivity index (χ3v) is 4.02. The number of anilines is 1. The van der Waals surface area contributed by atoms with Gasteiger partial charge in [-0.15, -0.1) is 0 Å². The molecule has 28 heavy (non-hydrogen) atoms. The van der Waals surface area contributed by atoms with Gasteiger partial charge in [-0.1, -0.05) is 0 Å². The molecule has 1 heterocycles. The summed E-state index contributed by atoms with van der Waals surface area (Å²) in [5, 5.41) is 14.1. The fourth-order valence-corrected chi connectivity index (χ4v) is 2.89. The van der Waals surface area contributed by atoms with E-state index < -0.39 is 40.5 Å². The molecule has 1 aliphatic heterocycles. The van der Waals surface area contributed by atoms with Crippen LogP contribution in [0.15, 0.2) is 18.2 Å². The molecule has 1 aromatic rings. The Morgan fingerprint density at radius 1 is 1.36 bits per heavy atom. The zero-order valence-electron chi connectivity index (χ0n) is 16.2. The van der Waals surface area contributed by atoms with Crippen molar-refractivity contribution in [2.75, 3.05) is 18.4 Å². The monoisotopic (exact) mass is 397 g/mol. The number of ether oxygens (including phenoxy) is 2. The minimum atomic E-state index is -0.776. The molecular formula is C18H24FN3O6. The first kappa shape index (κ1) is 21.4. The van der Waals surface area contributed by atoms with E-state index in [1.807, 2.05) is 0 Å². The van der Waals surface area contributed by atoms with E-state index in [-0.39, 0.29) is 24.5 Å². The van der Waals surface area contributed by atoms with Gasteiger partial charge in [-0.3, -0.25) is 14.9 Å². The molecule has 2 unspecified atom stereocenters. The molecule has 1 aliphatic rings. The highest BCUT2D eigenvalue weighted by molar-refractivity contribution is 5.69. The maximum absolute atomic E-state index is 13.6. The van der Waals surface area contributed by atoms with Gasteiger partial charge in [0.15, 0.2) is 0 Å². The van der Waals surface area contributed by atoms with E-state index in [1.165, 1.54) is 11.8 Å². The summed E-state index contributed by atoms with van der Waals surface area (Å²) in [7, 11) is 0.